The number of carbonyl (C=O) groups is 1. The van der Waals surface area contributed by atoms with Gasteiger partial charge < -0.3 is 15.4 Å². The number of hydrogen-bond donors (Lipinski definition) is 2. The second-order valence-electron chi connectivity index (χ2n) is 6.83. The quantitative estimate of drug-likeness (QED) is 0.641. The van der Waals surface area contributed by atoms with E-state index in [2.05, 4.69) is 20.6 Å². The van der Waals surface area contributed by atoms with Crippen molar-refractivity contribution in [1.82, 2.24) is 9.97 Å². The van der Waals surface area contributed by atoms with Crippen LogP contribution in [0.25, 0.3) is 0 Å². The summed E-state index contributed by atoms with van der Waals surface area (Å²) >= 11 is 0. The average Bonchev–Trinajstić information content (AvgIpc) is 2.66. The van der Waals surface area contributed by atoms with Crippen molar-refractivity contribution in [3.8, 4) is 5.75 Å². The molecule has 6 nitrogen and oxygen atoms in total. The van der Waals surface area contributed by atoms with E-state index in [1.54, 1.807) is 12.1 Å². The Morgan fingerprint density at radius 2 is 1.57 bits per heavy atom. The van der Waals surface area contributed by atoms with Crippen LogP contribution in [0.4, 0.5) is 17.3 Å². The fraction of sp³-hybridized carbons (Fsp3) is 0.227. The first-order valence-electron chi connectivity index (χ1n) is 9.15. The van der Waals surface area contributed by atoms with Gasteiger partial charge in [0.2, 0.25) is 5.95 Å². The Labute approximate surface area is 165 Å². The number of hydrogen-bond acceptors (Lipinski definition) is 5. The second-order valence-corrected chi connectivity index (χ2v) is 6.83. The summed E-state index contributed by atoms with van der Waals surface area (Å²) in [6.07, 6.45) is 3.12. The van der Waals surface area contributed by atoms with Crippen molar-refractivity contribution in [3.05, 3.63) is 71.5 Å². The molecule has 6 heteroatoms. The molecular formula is C22H24N4O2. The van der Waals surface area contributed by atoms with Crippen LogP contribution in [0.3, 0.4) is 0 Å². The summed E-state index contributed by atoms with van der Waals surface area (Å²) in [5, 5.41) is 6.04. The molecule has 3 rings (SSSR count). The molecule has 1 heterocycles. The Balaban J connectivity index is 1.65. The molecule has 0 aliphatic rings. The van der Waals surface area contributed by atoms with Gasteiger partial charge in [-0.3, -0.25) is 4.79 Å². The van der Waals surface area contributed by atoms with Crippen molar-refractivity contribution in [3.63, 3.8) is 0 Å². The number of nitrogens with one attached hydrogen (secondary N) is 2. The number of ether oxygens (including phenoxy) is 1. The number of carbonyl (C=O) groups excluding carboxylic acids is 1. The minimum atomic E-state index is -0.267. The van der Waals surface area contributed by atoms with Crippen molar-refractivity contribution < 1.29 is 9.53 Å². The molecule has 0 spiro atoms. The summed E-state index contributed by atoms with van der Waals surface area (Å²) in [7, 11) is 0. The monoisotopic (exact) mass is 376 g/mol. The standard InChI is InChI=1S/C22H24N4O2/c1-14(2)28-19-10-8-18(9-11-19)25-21(27)17-12-23-22(24-13-17)26-20-15(3)6-5-7-16(20)4/h5-14H,1-4H3,(H,25,27)(H,23,24,26). The molecule has 2 N–H and O–H groups in total. The lowest BCUT2D eigenvalue weighted by atomic mass is 10.1. The fourth-order valence-corrected chi connectivity index (χ4v) is 2.73. The highest BCUT2D eigenvalue weighted by Gasteiger charge is 2.09. The first-order valence-corrected chi connectivity index (χ1v) is 9.15. The highest BCUT2D eigenvalue weighted by Crippen LogP contribution is 2.22. The summed E-state index contributed by atoms with van der Waals surface area (Å²) in [6.45, 7) is 7.98. The predicted octanol–water partition coefficient (Wildman–Crippen LogP) is 4.88. The topological polar surface area (TPSA) is 76.1 Å². The summed E-state index contributed by atoms with van der Waals surface area (Å²) in [6, 6.07) is 13.3. The van der Waals surface area contributed by atoms with Crippen LogP contribution in [0.1, 0.15) is 35.3 Å². The number of benzene rings is 2. The Kier molecular flexibility index (Phi) is 5.89. The van der Waals surface area contributed by atoms with E-state index in [-0.39, 0.29) is 12.0 Å². The van der Waals surface area contributed by atoms with Gasteiger partial charge >= 0.3 is 0 Å². The van der Waals surface area contributed by atoms with E-state index >= 15 is 0 Å². The number of anilines is 3. The molecule has 3 aromatic rings. The summed E-state index contributed by atoms with van der Waals surface area (Å²) in [5.74, 6) is 0.943. The Hall–Kier alpha value is -3.41. The molecule has 0 radical (unpaired) electrons. The number of rotatable bonds is 6. The molecule has 0 fully saturated rings. The SMILES string of the molecule is Cc1cccc(C)c1Nc1ncc(C(=O)Nc2ccc(OC(C)C)cc2)cn1. The maximum atomic E-state index is 12.4. The molecule has 1 aromatic heterocycles. The second kappa shape index (κ2) is 8.52. The van der Waals surface area contributed by atoms with Crippen molar-refractivity contribution in [1.29, 1.82) is 0 Å². The van der Waals surface area contributed by atoms with E-state index in [0.717, 1.165) is 22.6 Å². The van der Waals surface area contributed by atoms with Gasteiger partial charge in [0.05, 0.1) is 11.7 Å². The molecule has 0 unspecified atom stereocenters. The van der Waals surface area contributed by atoms with Crippen molar-refractivity contribution in [2.45, 2.75) is 33.8 Å². The molecular weight excluding hydrogens is 352 g/mol. The minimum Gasteiger partial charge on any atom is -0.491 e. The molecule has 0 aliphatic heterocycles. The third-order valence-corrected chi connectivity index (χ3v) is 4.12. The van der Waals surface area contributed by atoms with Crippen LogP contribution in [0.15, 0.2) is 54.9 Å². The third kappa shape index (κ3) is 4.85. The highest BCUT2D eigenvalue weighted by atomic mass is 16.5. The Morgan fingerprint density at radius 3 is 2.14 bits per heavy atom. The zero-order valence-electron chi connectivity index (χ0n) is 16.5. The van der Waals surface area contributed by atoms with E-state index in [1.807, 2.05) is 58.0 Å². The van der Waals surface area contributed by atoms with Crippen LogP contribution >= 0.6 is 0 Å². The maximum Gasteiger partial charge on any atom is 0.258 e. The highest BCUT2D eigenvalue weighted by molar-refractivity contribution is 6.03. The van der Waals surface area contributed by atoms with Crippen molar-refractivity contribution in [2.75, 3.05) is 10.6 Å². The number of nitrogens with zero attached hydrogens (tertiary/aromatic N) is 2. The van der Waals surface area contributed by atoms with Gasteiger partial charge in [-0.1, -0.05) is 18.2 Å². The number of aryl methyl sites for hydroxylation is 2. The predicted molar refractivity (Wildman–Crippen MR) is 111 cm³/mol. The van der Waals surface area contributed by atoms with Gasteiger partial charge in [0.15, 0.2) is 0 Å². The van der Waals surface area contributed by atoms with Gasteiger partial charge in [0.1, 0.15) is 5.75 Å². The number of para-hydroxylation sites is 1. The zero-order valence-corrected chi connectivity index (χ0v) is 16.5. The fourth-order valence-electron chi connectivity index (χ4n) is 2.73. The normalized spacial score (nSPS) is 10.6. The number of aromatic nitrogens is 2. The smallest absolute Gasteiger partial charge is 0.258 e. The van der Waals surface area contributed by atoms with Crippen LogP contribution in [0, 0.1) is 13.8 Å². The van der Waals surface area contributed by atoms with Gasteiger partial charge in [0, 0.05) is 23.8 Å². The molecule has 0 atom stereocenters. The van der Waals surface area contributed by atoms with Crippen molar-refractivity contribution in [2.24, 2.45) is 0 Å². The molecule has 0 bridgehead atoms. The van der Waals surface area contributed by atoms with Gasteiger partial charge in [-0.05, 0) is 63.1 Å². The lowest BCUT2D eigenvalue weighted by molar-refractivity contribution is 0.102. The van der Waals surface area contributed by atoms with Gasteiger partial charge in [0.25, 0.3) is 5.91 Å². The van der Waals surface area contributed by atoms with E-state index in [4.69, 9.17) is 4.74 Å². The largest absolute Gasteiger partial charge is 0.491 e. The molecule has 1 amide bonds. The first kappa shape index (κ1) is 19.4. The first-order chi connectivity index (χ1) is 13.4. The molecule has 144 valence electrons. The van der Waals surface area contributed by atoms with E-state index < -0.39 is 0 Å². The Bertz CT molecular complexity index is 931. The van der Waals surface area contributed by atoms with E-state index in [0.29, 0.717) is 17.2 Å². The molecule has 2 aromatic carbocycles. The minimum absolute atomic E-state index is 0.105. The van der Waals surface area contributed by atoms with E-state index in [9.17, 15) is 4.79 Å². The summed E-state index contributed by atoms with van der Waals surface area (Å²) in [5.41, 5.74) is 4.25. The molecule has 28 heavy (non-hydrogen) atoms. The lowest BCUT2D eigenvalue weighted by Gasteiger charge is -2.12. The van der Waals surface area contributed by atoms with Crippen LogP contribution in [-0.4, -0.2) is 22.0 Å². The summed E-state index contributed by atoms with van der Waals surface area (Å²) in [4.78, 5) is 20.9. The lowest BCUT2D eigenvalue weighted by Crippen LogP contribution is -2.13. The third-order valence-electron chi connectivity index (χ3n) is 4.12. The molecule has 0 saturated heterocycles. The van der Waals surface area contributed by atoms with Gasteiger partial charge in [-0.25, -0.2) is 9.97 Å². The summed E-state index contributed by atoms with van der Waals surface area (Å²) < 4.78 is 5.60. The van der Waals surface area contributed by atoms with Gasteiger partial charge in [-0.15, -0.1) is 0 Å². The van der Waals surface area contributed by atoms with E-state index in [1.165, 1.54) is 12.4 Å². The van der Waals surface area contributed by atoms with Crippen LogP contribution in [0.5, 0.6) is 5.75 Å². The van der Waals surface area contributed by atoms with Gasteiger partial charge in [-0.2, -0.15) is 0 Å². The van der Waals surface area contributed by atoms with Crippen LogP contribution in [-0.2, 0) is 0 Å². The number of amides is 1. The average molecular weight is 376 g/mol. The van der Waals surface area contributed by atoms with Crippen LogP contribution < -0.4 is 15.4 Å². The van der Waals surface area contributed by atoms with Crippen molar-refractivity contribution >= 4 is 23.2 Å². The maximum absolute atomic E-state index is 12.4. The zero-order chi connectivity index (χ0) is 20.1. The Morgan fingerprint density at radius 1 is 0.964 bits per heavy atom. The molecule has 0 saturated carbocycles. The molecule has 0 aliphatic carbocycles. The van der Waals surface area contributed by atoms with Crippen LogP contribution in [0.2, 0.25) is 0 Å².